The molecule has 0 amide bonds. The summed E-state index contributed by atoms with van der Waals surface area (Å²) in [6.45, 7) is 3.53. The zero-order chi connectivity index (χ0) is 17.9. The van der Waals surface area contributed by atoms with Crippen LogP contribution in [-0.2, 0) is 13.1 Å². The zero-order valence-electron chi connectivity index (χ0n) is 14.9. The second-order valence-electron chi connectivity index (χ2n) is 6.34. The van der Waals surface area contributed by atoms with Gasteiger partial charge < -0.3 is 10.2 Å². The van der Waals surface area contributed by atoms with Gasteiger partial charge in [-0.05, 0) is 30.2 Å². The summed E-state index contributed by atoms with van der Waals surface area (Å²) in [6.07, 6.45) is 0. The Morgan fingerprint density at radius 1 is 1.15 bits per heavy atom. The molecule has 2 N–H and O–H groups in total. The maximum atomic E-state index is 5.23. The van der Waals surface area contributed by atoms with Gasteiger partial charge in [0.2, 0.25) is 0 Å². The SMILES string of the molecule is COc1ccc(CN2Cc3ccccc3C(=Nc3cc(C)[nH]n3)N2)cc1. The summed E-state index contributed by atoms with van der Waals surface area (Å²) in [5.74, 6) is 2.35. The number of hydrogen-bond donors (Lipinski definition) is 2. The average molecular weight is 347 g/mol. The molecular weight excluding hydrogens is 326 g/mol. The predicted molar refractivity (Wildman–Crippen MR) is 101 cm³/mol. The number of hydrogen-bond acceptors (Lipinski definition) is 4. The van der Waals surface area contributed by atoms with Crippen LogP contribution in [0.25, 0.3) is 0 Å². The van der Waals surface area contributed by atoms with Gasteiger partial charge in [-0.25, -0.2) is 10.0 Å². The van der Waals surface area contributed by atoms with Crippen LogP contribution in [0.2, 0.25) is 0 Å². The van der Waals surface area contributed by atoms with Gasteiger partial charge in [0.1, 0.15) is 5.75 Å². The smallest absolute Gasteiger partial charge is 0.175 e. The van der Waals surface area contributed by atoms with E-state index >= 15 is 0 Å². The van der Waals surface area contributed by atoms with E-state index in [2.05, 4.69) is 51.0 Å². The summed E-state index contributed by atoms with van der Waals surface area (Å²) < 4.78 is 5.23. The highest BCUT2D eigenvalue weighted by molar-refractivity contribution is 6.01. The van der Waals surface area contributed by atoms with Crippen LogP contribution in [0.15, 0.2) is 59.6 Å². The Balaban J connectivity index is 1.61. The molecule has 2 heterocycles. The van der Waals surface area contributed by atoms with Crippen molar-refractivity contribution in [2.24, 2.45) is 4.99 Å². The van der Waals surface area contributed by atoms with Crippen molar-refractivity contribution >= 4 is 11.7 Å². The average Bonchev–Trinajstić information content (AvgIpc) is 3.07. The van der Waals surface area contributed by atoms with E-state index in [1.165, 1.54) is 11.1 Å². The summed E-state index contributed by atoms with van der Waals surface area (Å²) in [5, 5.41) is 9.31. The quantitative estimate of drug-likeness (QED) is 0.760. The normalized spacial score (nSPS) is 15.5. The highest BCUT2D eigenvalue weighted by atomic mass is 16.5. The maximum Gasteiger partial charge on any atom is 0.175 e. The molecule has 0 unspecified atom stereocenters. The minimum atomic E-state index is 0.672. The van der Waals surface area contributed by atoms with E-state index in [4.69, 9.17) is 9.73 Å². The first-order valence-corrected chi connectivity index (χ1v) is 8.55. The van der Waals surface area contributed by atoms with Gasteiger partial charge in [-0.1, -0.05) is 36.4 Å². The fourth-order valence-electron chi connectivity index (χ4n) is 3.05. The van der Waals surface area contributed by atoms with Gasteiger partial charge in [0.25, 0.3) is 0 Å². The minimum Gasteiger partial charge on any atom is -0.497 e. The summed E-state index contributed by atoms with van der Waals surface area (Å²) in [7, 11) is 1.68. The van der Waals surface area contributed by atoms with Crippen LogP contribution in [0, 0.1) is 6.92 Å². The number of aromatic nitrogens is 2. The highest BCUT2D eigenvalue weighted by Gasteiger charge is 2.21. The van der Waals surface area contributed by atoms with Gasteiger partial charge in [0.15, 0.2) is 11.7 Å². The number of aromatic amines is 1. The third-order valence-electron chi connectivity index (χ3n) is 4.35. The van der Waals surface area contributed by atoms with Crippen LogP contribution in [-0.4, -0.2) is 28.2 Å². The lowest BCUT2D eigenvalue weighted by Crippen LogP contribution is -2.45. The number of benzene rings is 2. The first-order chi connectivity index (χ1) is 12.7. The third-order valence-corrected chi connectivity index (χ3v) is 4.35. The topological polar surface area (TPSA) is 65.5 Å². The minimum absolute atomic E-state index is 0.672. The van der Waals surface area contributed by atoms with Gasteiger partial charge in [-0.3, -0.25) is 5.10 Å². The number of hydrazine groups is 1. The first kappa shape index (κ1) is 16.4. The molecule has 2 aromatic carbocycles. The Bertz CT molecular complexity index is 929. The number of rotatable bonds is 4. The molecule has 0 atom stereocenters. The van der Waals surface area contributed by atoms with Crippen molar-refractivity contribution in [1.82, 2.24) is 20.6 Å². The van der Waals surface area contributed by atoms with Gasteiger partial charge in [0.05, 0.1) is 7.11 Å². The monoisotopic (exact) mass is 347 g/mol. The standard InChI is InChI=1S/C20H21N5O/c1-14-11-19(23-22-14)21-20-18-6-4-3-5-16(18)13-25(24-20)12-15-7-9-17(26-2)10-8-15/h3-11H,12-13H2,1-2H3,(H2,21,22,23,24). The van der Waals surface area contributed by atoms with Gasteiger partial charge in [0, 0.05) is 30.4 Å². The number of ether oxygens (including phenoxy) is 1. The van der Waals surface area contributed by atoms with E-state index in [-0.39, 0.29) is 0 Å². The molecule has 1 aromatic heterocycles. The Hall–Kier alpha value is -3.12. The molecule has 132 valence electrons. The molecule has 1 aliphatic heterocycles. The number of H-pyrrole nitrogens is 1. The molecule has 0 spiro atoms. The van der Waals surface area contributed by atoms with Crippen LogP contribution in [0.5, 0.6) is 5.75 Å². The van der Waals surface area contributed by atoms with E-state index in [0.717, 1.165) is 35.9 Å². The zero-order valence-corrected chi connectivity index (χ0v) is 14.9. The predicted octanol–water partition coefficient (Wildman–Crippen LogP) is 3.33. The summed E-state index contributed by atoms with van der Waals surface area (Å²) >= 11 is 0. The van der Waals surface area contributed by atoms with Crippen LogP contribution < -0.4 is 10.2 Å². The number of nitrogens with one attached hydrogen (secondary N) is 2. The number of aliphatic imine (C=N–C) groups is 1. The molecule has 0 bridgehead atoms. The number of nitrogens with zero attached hydrogens (tertiary/aromatic N) is 3. The fourth-order valence-corrected chi connectivity index (χ4v) is 3.05. The van der Waals surface area contributed by atoms with Crippen molar-refractivity contribution in [3.63, 3.8) is 0 Å². The van der Waals surface area contributed by atoms with E-state index in [0.29, 0.717) is 5.82 Å². The Kier molecular flexibility index (Phi) is 4.41. The van der Waals surface area contributed by atoms with Gasteiger partial charge >= 0.3 is 0 Å². The van der Waals surface area contributed by atoms with Crippen molar-refractivity contribution in [3.05, 3.63) is 77.0 Å². The summed E-state index contributed by atoms with van der Waals surface area (Å²) in [4.78, 5) is 4.70. The van der Waals surface area contributed by atoms with E-state index in [1.807, 2.05) is 31.2 Å². The second kappa shape index (κ2) is 7.01. The molecule has 0 fully saturated rings. The Labute approximate surface area is 152 Å². The number of methoxy groups -OCH3 is 1. The van der Waals surface area contributed by atoms with Crippen LogP contribution in [0.3, 0.4) is 0 Å². The molecule has 0 saturated heterocycles. The summed E-state index contributed by atoms with van der Waals surface area (Å²) in [5.41, 5.74) is 7.99. The van der Waals surface area contributed by atoms with Crippen molar-refractivity contribution in [2.75, 3.05) is 7.11 Å². The third kappa shape index (κ3) is 3.45. The number of amidine groups is 1. The molecule has 26 heavy (non-hydrogen) atoms. The molecule has 3 aromatic rings. The summed E-state index contributed by atoms with van der Waals surface area (Å²) in [6, 6.07) is 18.4. The first-order valence-electron chi connectivity index (χ1n) is 8.55. The molecule has 6 nitrogen and oxygen atoms in total. The van der Waals surface area contributed by atoms with Crippen molar-refractivity contribution in [1.29, 1.82) is 0 Å². The van der Waals surface area contributed by atoms with Crippen molar-refractivity contribution in [2.45, 2.75) is 20.0 Å². The second-order valence-corrected chi connectivity index (χ2v) is 6.34. The molecular formula is C20H21N5O. The van der Waals surface area contributed by atoms with Gasteiger partial charge in [-0.15, -0.1) is 0 Å². The molecule has 6 heteroatoms. The van der Waals surface area contributed by atoms with Gasteiger partial charge in [-0.2, -0.15) is 5.10 Å². The van der Waals surface area contributed by atoms with Crippen LogP contribution in [0.4, 0.5) is 5.82 Å². The van der Waals surface area contributed by atoms with Crippen molar-refractivity contribution in [3.8, 4) is 5.75 Å². The fraction of sp³-hybridized carbons (Fsp3) is 0.200. The maximum absolute atomic E-state index is 5.23. The lowest BCUT2D eigenvalue weighted by molar-refractivity contribution is 0.209. The van der Waals surface area contributed by atoms with E-state index in [9.17, 15) is 0 Å². The number of fused-ring (bicyclic) bond motifs is 1. The molecule has 0 saturated carbocycles. The van der Waals surface area contributed by atoms with Crippen molar-refractivity contribution < 1.29 is 4.74 Å². The molecule has 1 aliphatic rings. The molecule has 0 aliphatic carbocycles. The molecule has 4 rings (SSSR count). The lowest BCUT2D eigenvalue weighted by Gasteiger charge is -2.31. The number of aryl methyl sites for hydroxylation is 1. The molecule has 0 radical (unpaired) electrons. The lowest BCUT2D eigenvalue weighted by atomic mass is 10.0. The highest BCUT2D eigenvalue weighted by Crippen LogP contribution is 2.21. The van der Waals surface area contributed by atoms with E-state index < -0.39 is 0 Å². The largest absolute Gasteiger partial charge is 0.497 e. The van der Waals surface area contributed by atoms with E-state index in [1.54, 1.807) is 7.11 Å². The van der Waals surface area contributed by atoms with Crippen LogP contribution in [0.1, 0.15) is 22.4 Å². The van der Waals surface area contributed by atoms with Crippen LogP contribution >= 0.6 is 0 Å². The Morgan fingerprint density at radius 2 is 1.96 bits per heavy atom. The Morgan fingerprint density at radius 3 is 2.69 bits per heavy atom.